The van der Waals surface area contributed by atoms with E-state index in [1.807, 2.05) is 32.1 Å². The summed E-state index contributed by atoms with van der Waals surface area (Å²) < 4.78 is 16.6. The number of aromatic hydroxyl groups is 1. The second kappa shape index (κ2) is 12.4. The van der Waals surface area contributed by atoms with Gasteiger partial charge in [-0.1, -0.05) is 42.0 Å². The molecule has 46 heavy (non-hydrogen) atoms. The van der Waals surface area contributed by atoms with Crippen LogP contribution in [0.4, 0.5) is 5.69 Å². The van der Waals surface area contributed by atoms with Crippen LogP contribution in [0.5, 0.6) is 11.5 Å². The number of amides is 1. The summed E-state index contributed by atoms with van der Waals surface area (Å²) in [6.07, 6.45) is 5.27. The van der Waals surface area contributed by atoms with E-state index in [0.29, 0.717) is 24.2 Å². The Labute approximate surface area is 268 Å². The van der Waals surface area contributed by atoms with Crippen LogP contribution in [0.1, 0.15) is 69.6 Å². The molecule has 5 rings (SSSR count). The Hall–Kier alpha value is -4.41. The quantitative estimate of drug-likeness (QED) is 0.212. The van der Waals surface area contributed by atoms with E-state index in [0.717, 1.165) is 5.57 Å². The van der Waals surface area contributed by atoms with Crippen molar-refractivity contribution in [3.8, 4) is 11.5 Å². The van der Waals surface area contributed by atoms with Crippen molar-refractivity contribution in [2.75, 3.05) is 19.5 Å². The molecule has 4 N–H and O–H groups in total. The minimum Gasteiger partial charge on any atom is -0.507 e. The second-order valence-corrected chi connectivity index (χ2v) is 12.4. The number of nitrogens with one attached hydrogen (secondary N) is 1. The van der Waals surface area contributed by atoms with Crippen LogP contribution >= 0.6 is 0 Å². The van der Waals surface area contributed by atoms with E-state index in [1.54, 1.807) is 43.3 Å². The predicted molar refractivity (Wildman–Crippen MR) is 171 cm³/mol. The molecule has 2 heterocycles. The maximum Gasteiger partial charge on any atom is 0.338 e. The molecular formula is C36H41NO9. The highest BCUT2D eigenvalue weighted by molar-refractivity contribution is 6.00. The number of cyclic esters (lactones) is 1. The number of allylic oxidation sites excluding steroid dienone is 4. The molecule has 10 heteroatoms. The molecular weight excluding hydrogens is 590 g/mol. The lowest BCUT2D eigenvalue weighted by Crippen LogP contribution is -2.53. The molecule has 1 aliphatic carbocycles. The topological polar surface area (TPSA) is 152 Å². The molecule has 0 saturated carbocycles. The van der Waals surface area contributed by atoms with E-state index < -0.39 is 46.9 Å². The highest BCUT2D eigenvalue weighted by Crippen LogP contribution is 2.55. The van der Waals surface area contributed by atoms with Crippen molar-refractivity contribution in [1.29, 1.82) is 0 Å². The molecule has 6 unspecified atom stereocenters. The van der Waals surface area contributed by atoms with Crippen LogP contribution in [0.3, 0.4) is 0 Å². The fourth-order valence-corrected chi connectivity index (χ4v) is 7.35. The summed E-state index contributed by atoms with van der Waals surface area (Å²) in [6.45, 7) is 6.87. The number of carbonyl (C=O) groups excluding carboxylic acids is 3. The number of anilines is 1. The summed E-state index contributed by atoms with van der Waals surface area (Å²) in [5.74, 6) is -3.59. The molecule has 0 saturated heterocycles. The predicted octanol–water partition coefficient (Wildman–Crippen LogP) is 5.34. The number of ketones is 1. The number of rotatable bonds is 9. The summed E-state index contributed by atoms with van der Waals surface area (Å²) in [5, 5.41) is 38.5. The van der Waals surface area contributed by atoms with Crippen molar-refractivity contribution >= 4 is 23.3 Å². The molecule has 2 aromatic carbocycles. The molecule has 3 aliphatic rings. The number of fused-ring (bicyclic) bond motifs is 1. The van der Waals surface area contributed by atoms with Gasteiger partial charge < -0.3 is 34.8 Å². The van der Waals surface area contributed by atoms with E-state index in [2.05, 4.69) is 5.32 Å². The zero-order valence-corrected chi connectivity index (χ0v) is 26.9. The summed E-state index contributed by atoms with van der Waals surface area (Å²) in [4.78, 5) is 40.0. The molecule has 0 spiro atoms. The molecule has 0 radical (unpaired) electrons. The first kappa shape index (κ1) is 33.0. The summed E-state index contributed by atoms with van der Waals surface area (Å²) >= 11 is 0. The lowest BCUT2D eigenvalue weighted by atomic mass is 9.62. The van der Waals surface area contributed by atoms with Crippen LogP contribution in [-0.2, 0) is 29.5 Å². The fourth-order valence-electron chi connectivity index (χ4n) is 7.35. The van der Waals surface area contributed by atoms with E-state index in [4.69, 9.17) is 14.2 Å². The van der Waals surface area contributed by atoms with Gasteiger partial charge in [-0.2, -0.15) is 0 Å². The maximum atomic E-state index is 14.2. The molecule has 0 bridgehead atoms. The normalized spacial score (nSPS) is 29.3. The average Bonchev–Trinajstić information content (AvgIpc) is 3.23. The summed E-state index contributed by atoms with van der Waals surface area (Å²) in [6, 6.07) is 9.69. The average molecular weight is 632 g/mol. The monoisotopic (exact) mass is 631 g/mol. The first-order valence-corrected chi connectivity index (χ1v) is 15.3. The van der Waals surface area contributed by atoms with Crippen molar-refractivity contribution in [1.82, 2.24) is 0 Å². The number of hydrogen-bond donors (Lipinski definition) is 4. The van der Waals surface area contributed by atoms with Crippen molar-refractivity contribution in [3.63, 3.8) is 0 Å². The van der Waals surface area contributed by atoms with Crippen LogP contribution in [-0.4, -0.2) is 58.9 Å². The lowest BCUT2D eigenvalue weighted by Gasteiger charge is -2.44. The standard InChI is InChI=1S/C36H41NO9/c1-7-8-9-10-27(38)28-24(17-19(2)18-25(28)35(4)31(40)20(3)34(42)46-35)23-15-16-26-29(30(23)39)36(43,32(45-6)33(41)37-26)21-11-13-22(44-5)14-12-21/h7-8,11-17,24-25,28,32,39-40,43H,9-10,18H2,1-6H3,(H,37,41)/b8-7+. The van der Waals surface area contributed by atoms with Gasteiger partial charge in [0.1, 0.15) is 23.0 Å². The minimum absolute atomic E-state index is 0.0204. The van der Waals surface area contributed by atoms with Crippen molar-refractivity contribution in [2.45, 2.75) is 70.2 Å². The van der Waals surface area contributed by atoms with Gasteiger partial charge in [0.25, 0.3) is 5.91 Å². The van der Waals surface area contributed by atoms with Gasteiger partial charge >= 0.3 is 5.97 Å². The van der Waals surface area contributed by atoms with Crippen LogP contribution in [0.2, 0.25) is 0 Å². The molecule has 2 aromatic rings. The van der Waals surface area contributed by atoms with E-state index in [1.165, 1.54) is 21.1 Å². The summed E-state index contributed by atoms with van der Waals surface area (Å²) in [5.41, 5.74) is -1.81. The van der Waals surface area contributed by atoms with E-state index >= 15 is 0 Å². The highest BCUT2D eigenvalue weighted by atomic mass is 16.6. The number of phenols is 1. The van der Waals surface area contributed by atoms with Crippen molar-refractivity contribution in [3.05, 3.63) is 88.2 Å². The van der Waals surface area contributed by atoms with Crippen molar-refractivity contribution < 1.29 is 43.9 Å². The number of phenolic OH excluding ortho intramolecular Hbond substituents is 1. The zero-order valence-electron chi connectivity index (χ0n) is 26.9. The Morgan fingerprint density at radius 2 is 1.80 bits per heavy atom. The van der Waals surface area contributed by atoms with Gasteiger partial charge in [-0.05, 0) is 64.3 Å². The number of benzene rings is 2. The number of aliphatic hydroxyl groups is 2. The van der Waals surface area contributed by atoms with E-state index in [9.17, 15) is 29.7 Å². The van der Waals surface area contributed by atoms with E-state index in [-0.39, 0.29) is 46.1 Å². The van der Waals surface area contributed by atoms with Gasteiger partial charge in [-0.15, -0.1) is 0 Å². The molecule has 244 valence electrons. The Kier molecular flexibility index (Phi) is 8.90. The largest absolute Gasteiger partial charge is 0.507 e. The van der Waals surface area contributed by atoms with Crippen LogP contribution < -0.4 is 10.1 Å². The second-order valence-electron chi connectivity index (χ2n) is 12.4. The Morgan fingerprint density at radius 1 is 1.11 bits per heavy atom. The van der Waals surface area contributed by atoms with Crippen LogP contribution in [0.25, 0.3) is 0 Å². The number of ether oxygens (including phenoxy) is 3. The third-order valence-electron chi connectivity index (χ3n) is 9.73. The number of Topliss-reactive ketones (excluding diaryl/α,β-unsaturated/α-hetero) is 1. The number of esters is 1. The van der Waals surface area contributed by atoms with Gasteiger partial charge in [0, 0.05) is 36.8 Å². The van der Waals surface area contributed by atoms with Crippen molar-refractivity contribution in [2.24, 2.45) is 11.8 Å². The fraction of sp³-hybridized carbons (Fsp3) is 0.417. The number of methoxy groups -OCH3 is 2. The van der Waals surface area contributed by atoms with Gasteiger partial charge in [0.05, 0.1) is 23.9 Å². The molecule has 6 atom stereocenters. The van der Waals surface area contributed by atoms with Crippen LogP contribution in [0.15, 0.2) is 71.5 Å². The Balaban J connectivity index is 1.71. The zero-order chi connectivity index (χ0) is 33.6. The van der Waals surface area contributed by atoms with Gasteiger partial charge in [0.15, 0.2) is 17.3 Å². The smallest absolute Gasteiger partial charge is 0.338 e. The Morgan fingerprint density at radius 3 is 2.39 bits per heavy atom. The Bertz CT molecular complexity index is 1660. The molecule has 10 nitrogen and oxygen atoms in total. The number of carbonyl (C=O) groups is 3. The first-order valence-electron chi connectivity index (χ1n) is 15.3. The van der Waals surface area contributed by atoms with Crippen LogP contribution in [0, 0.1) is 11.8 Å². The number of hydrogen-bond acceptors (Lipinski definition) is 9. The third-order valence-corrected chi connectivity index (χ3v) is 9.73. The lowest BCUT2D eigenvalue weighted by molar-refractivity contribution is -0.156. The minimum atomic E-state index is -2.12. The van der Waals surface area contributed by atoms with Gasteiger partial charge in [-0.3, -0.25) is 9.59 Å². The maximum absolute atomic E-state index is 14.2. The van der Waals surface area contributed by atoms with Gasteiger partial charge in [0.2, 0.25) is 0 Å². The molecule has 1 amide bonds. The highest BCUT2D eigenvalue weighted by Gasteiger charge is 2.56. The third kappa shape index (κ3) is 5.19. The summed E-state index contributed by atoms with van der Waals surface area (Å²) in [7, 11) is 2.81. The SMILES string of the molecule is C/C=C/CCC(=O)C1C(c2ccc3c(c2O)C(O)(c2ccc(OC)cc2)C(OC)C(=O)N3)C=C(C)CC1C1(C)OC(=O)C(C)=C1O. The number of aliphatic hydroxyl groups excluding tert-OH is 1. The molecule has 2 aliphatic heterocycles. The molecule has 0 aromatic heterocycles. The van der Waals surface area contributed by atoms with Gasteiger partial charge in [-0.25, -0.2) is 4.79 Å². The first-order chi connectivity index (χ1) is 21.8. The molecule has 0 fully saturated rings.